The normalized spacial score (nSPS) is 13.7. The van der Waals surface area contributed by atoms with E-state index in [1.54, 1.807) is 0 Å². The van der Waals surface area contributed by atoms with E-state index >= 15 is 0 Å². The second-order valence-corrected chi connectivity index (χ2v) is 27.6. The molecule has 5 heteroatoms. The standard InChI is InChI=1S/C41H53N2OSi2/c1-26(2)33-23-34(43(10)25-35(33)45(11,12)13)36-27(3)15-21-31-32-22-18-29(24-42)37(39(32)44-38(31)36)28-16-19-30(20-17-28)46(14,40(4,5)6)41(7,8)9/h15-23,25-26H,1-14H3/q+1/i26D. The molecule has 0 saturated carbocycles. The summed E-state index contributed by atoms with van der Waals surface area (Å²) >= 11 is 0. The number of furan rings is 1. The Morgan fingerprint density at radius 2 is 1.37 bits per heavy atom. The highest BCUT2D eigenvalue weighted by molar-refractivity contribution is 6.95. The molecule has 0 aliphatic carbocycles. The van der Waals surface area contributed by atoms with E-state index in [0.717, 1.165) is 55.4 Å². The summed E-state index contributed by atoms with van der Waals surface area (Å²) in [5.41, 5.74) is 8.26. The Labute approximate surface area is 280 Å². The molecule has 0 saturated heterocycles. The van der Waals surface area contributed by atoms with E-state index in [4.69, 9.17) is 5.79 Å². The lowest BCUT2D eigenvalue weighted by molar-refractivity contribution is -0.659. The quantitative estimate of drug-likeness (QED) is 0.141. The molecule has 240 valence electrons. The van der Waals surface area contributed by atoms with Gasteiger partial charge in [0, 0.05) is 29.0 Å². The summed E-state index contributed by atoms with van der Waals surface area (Å²) in [6.45, 7) is 29.9. The number of pyridine rings is 1. The van der Waals surface area contributed by atoms with Gasteiger partial charge in [-0.1, -0.05) is 123 Å². The van der Waals surface area contributed by atoms with Crippen LogP contribution in [0.5, 0.6) is 0 Å². The molecule has 2 aromatic heterocycles. The third-order valence-corrected chi connectivity index (χ3v) is 20.3. The summed E-state index contributed by atoms with van der Waals surface area (Å²) in [4.78, 5) is 0. The topological polar surface area (TPSA) is 40.8 Å². The van der Waals surface area contributed by atoms with Crippen LogP contribution in [0.15, 0.2) is 65.2 Å². The molecule has 3 nitrogen and oxygen atoms in total. The third-order valence-electron chi connectivity index (χ3n) is 10.8. The lowest BCUT2D eigenvalue weighted by atomic mass is 9.95. The molecule has 0 atom stereocenters. The van der Waals surface area contributed by atoms with E-state index in [-0.39, 0.29) is 10.1 Å². The summed E-state index contributed by atoms with van der Waals surface area (Å²) in [5.74, 6) is -0.742. The number of rotatable bonds is 5. The summed E-state index contributed by atoms with van der Waals surface area (Å²) in [6.07, 6.45) is 2.25. The maximum Gasteiger partial charge on any atom is 0.216 e. The molecule has 2 heterocycles. The molecule has 0 aliphatic heterocycles. The van der Waals surface area contributed by atoms with Gasteiger partial charge in [-0.25, -0.2) is 4.57 Å². The van der Waals surface area contributed by atoms with Gasteiger partial charge in [-0.2, -0.15) is 5.26 Å². The molecule has 3 aromatic carbocycles. The Morgan fingerprint density at radius 1 is 0.826 bits per heavy atom. The van der Waals surface area contributed by atoms with Crippen LogP contribution in [0.1, 0.15) is 79.3 Å². The molecule has 0 bridgehead atoms. The fourth-order valence-corrected chi connectivity index (χ4v) is 14.1. The minimum atomic E-state index is -1.95. The van der Waals surface area contributed by atoms with Crippen LogP contribution < -0.4 is 14.9 Å². The van der Waals surface area contributed by atoms with Gasteiger partial charge in [0.1, 0.15) is 18.2 Å². The van der Waals surface area contributed by atoms with Gasteiger partial charge in [-0.15, -0.1) is 0 Å². The lowest BCUT2D eigenvalue weighted by Gasteiger charge is -2.50. The third kappa shape index (κ3) is 5.38. The van der Waals surface area contributed by atoms with Crippen molar-refractivity contribution in [1.82, 2.24) is 0 Å². The van der Waals surface area contributed by atoms with Crippen LogP contribution in [0.3, 0.4) is 0 Å². The Hall–Kier alpha value is -3.47. The van der Waals surface area contributed by atoms with E-state index in [0.29, 0.717) is 5.56 Å². The van der Waals surface area contributed by atoms with Crippen molar-refractivity contribution in [3.63, 3.8) is 0 Å². The van der Waals surface area contributed by atoms with E-state index in [2.05, 4.69) is 141 Å². The van der Waals surface area contributed by atoms with Crippen molar-refractivity contribution < 1.29 is 10.4 Å². The minimum Gasteiger partial charge on any atom is -0.454 e. The second-order valence-electron chi connectivity index (χ2n) is 16.8. The molecule has 5 aromatic rings. The number of nitrogens with zero attached hydrogens (tertiary/aromatic N) is 2. The summed E-state index contributed by atoms with van der Waals surface area (Å²) in [5, 5.41) is 15.4. The van der Waals surface area contributed by atoms with E-state index in [1.165, 1.54) is 10.4 Å². The maximum absolute atomic E-state index is 10.3. The molecule has 46 heavy (non-hydrogen) atoms. The van der Waals surface area contributed by atoms with Crippen molar-refractivity contribution in [3.05, 3.63) is 77.5 Å². The van der Waals surface area contributed by atoms with Crippen LogP contribution in [0.25, 0.3) is 44.3 Å². The van der Waals surface area contributed by atoms with Gasteiger partial charge in [0.05, 0.1) is 33.3 Å². The Balaban J connectivity index is 1.80. The van der Waals surface area contributed by atoms with Gasteiger partial charge in [0.15, 0.2) is 6.20 Å². The summed E-state index contributed by atoms with van der Waals surface area (Å²) < 4.78 is 18.2. The molecule has 0 fully saturated rings. The van der Waals surface area contributed by atoms with Gasteiger partial charge in [0.25, 0.3) is 0 Å². The van der Waals surface area contributed by atoms with Crippen molar-refractivity contribution >= 4 is 48.5 Å². The van der Waals surface area contributed by atoms with E-state index in [1.807, 2.05) is 26.0 Å². The van der Waals surface area contributed by atoms with Crippen LogP contribution in [-0.2, 0) is 7.05 Å². The first-order valence-electron chi connectivity index (χ1n) is 17.1. The first-order chi connectivity index (χ1) is 21.5. The number of hydrogen-bond acceptors (Lipinski definition) is 2. The SMILES string of the molecule is [2H]C(C)(C)c1cc(-c2c(C)ccc3c2oc2c(-c4ccc([Si](C)(C(C)(C)C)C(C)(C)C)cc4)c(C#N)ccc23)[n+](C)cc1[Si](C)(C)C. The fraction of sp³-hybridized carbons (Fsp3) is 0.415. The smallest absolute Gasteiger partial charge is 0.216 e. The molecule has 0 radical (unpaired) electrons. The molecule has 5 rings (SSSR count). The monoisotopic (exact) mass is 646 g/mol. The molecule has 0 aliphatic rings. The largest absolute Gasteiger partial charge is 0.454 e. The van der Waals surface area contributed by atoms with Crippen molar-refractivity contribution in [3.8, 4) is 28.5 Å². The van der Waals surface area contributed by atoms with Crippen molar-refractivity contribution in [2.45, 2.75) is 104 Å². The van der Waals surface area contributed by atoms with Crippen molar-refractivity contribution in [2.75, 3.05) is 0 Å². The van der Waals surface area contributed by atoms with Gasteiger partial charge in [-0.05, 0) is 51.7 Å². The Bertz CT molecular complexity index is 2040. The highest BCUT2D eigenvalue weighted by atomic mass is 28.3. The number of aromatic nitrogens is 1. The lowest BCUT2D eigenvalue weighted by Crippen LogP contribution is -2.58. The molecular weight excluding hydrogens is 593 g/mol. The minimum absolute atomic E-state index is 0.177. The zero-order chi connectivity index (χ0) is 35.1. The Morgan fingerprint density at radius 3 is 1.87 bits per heavy atom. The molecular formula is C41H53N2OSi2+. The number of fused-ring (bicyclic) bond motifs is 3. The van der Waals surface area contributed by atoms with Crippen LogP contribution >= 0.6 is 0 Å². The number of benzene rings is 3. The molecule has 0 amide bonds. The number of aryl methyl sites for hydroxylation is 2. The van der Waals surface area contributed by atoms with Crippen LogP contribution in [0.4, 0.5) is 0 Å². The van der Waals surface area contributed by atoms with E-state index < -0.39 is 22.0 Å². The summed E-state index contributed by atoms with van der Waals surface area (Å²) in [6, 6.07) is 22.0. The molecule has 0 spiro atoms. The zero-order valence-electron chi connectivity index (χ0n) is 31.6. The van der Waals surface area contributed by atoms with Crippen molar-refractivity contribution in [1.29, 1.82) is 5.26 Å². The predicted octanol–water partition coefficient (Wildman–Crippen LogP) is 10.5. The fourth-order valence-electron chi connectivity index (χ4n) is 7.57. The number of hydrogen-bond donors (Lipinski definition) is 0. The summed E-state index contributed by atoms with van der Waals surface area (Å²) in [7, 11) is -1.56. The first-order valence-corrected chi connectivity index (χ1v) is 22.6. The molecule has 0 unspecified atom stereocenters. The Kier molecular flexibility index (Phi) is 8.01. The maximum atomic E-state index is 10.3. The zero-order valence-corrected chi connectivity index (χ0v) is 32.6. The van der Waals surface area contributed by atoms with Crippen LogP contribution in [0, 0.1) is 18.3 Å². The van der Waals surface area contributed by atoms with Gasteiger partial charge in [-0.3, -0.25) is 0 Å². The number of nitriles is 1. The van der Waals surface area contributed by atoms with E-state index in [9.17, 15) is 5.26 Å². The van der Waals surface area contributed by atoms with Gasteiger partial charge < -0.3 is 4.42 Å². The predicted molar refractivity (Wildman–Crippen MR) is 203 cm³/mol. The highest BCUT2D eigenvalue weighted by Crippen LogP contribution is 2.50. The highest BCUT2D eigenvalue weighted by Gasteiger charge is 2.50. The van der Waals surface area contributed by atoms with Gasteiger partial charge >= 0.3 is 0 Å². The average molecular weight is 647 g/mol. The van der Waals surface area contributed by atoms with Crippen LogP contribution in [-0.4, -0.2) is 16.1 Å². The first kappa shape index (κ1) is 32.5. The average Bonchev–Trinajstić information content (AvgIpc) is 3.32. The molecule has 0 N–H and O–H groups in total. The van der Waals surface area contributed by atoms with Gasteiger partial charge in [0.2, 0.25) is 5.69 Å². The van der Waals surface area contributed by atoms with Crippen LogP contribution in [0.2, 0.25) is 36.3 Å². The second kappa shape index (κ2) is 11.4. The van der Waals surface area contributed by atoms with Crippen molar-refractivity contribution in [2.24, 2.45) is 7.05 Å².